The molecule has 0 spiro atoms. The molecule has 1 aliphatic carbocycles. The Hall–Kier alpha value is -1.31. The van der Waals surface area contributed by atoms with E-state index in [0.717, 1.165) is 45.1 Å². The molecule has 0 aromatic carbocycles. The van der Waals surface area contributed by atoms with Crippen molar-refractivity contribution in [2.45, 2.75) is 89.0 Å². The number of hydrogen-bond acceptors (Lipinski definition) is 8. The van der Waals surface area contributed by atoms with Gasteiger partial charge in [0.2, 0.25) is 15.9 Å². The third kappa shape index (κ3) is 7.95. The van der Waals surface area contributed by atoms with Crippen molar-refractivity contribution < 1.29 is 32.6 Å². The zero-order valence-corrected chi connectivity index (χ0v) is 25.1. The molecule has 4 rings (SSSR count). The molecule has 40 heavy (non-hydrogen) atoms. The summed E-state index contributed by atoms with van der Waals surface area (Å²) in [7, 11) is -3.45. The van der Waals surface area contributed by atoms with Crippen LogP contribution in [0.25, 0.3) is 0 Å². The van der Waals surface area contributed by atoms with Crippen molar-refractivity contribution >= 4 is 21.9 Å². The molecule has 1 amide bonds. The lowest BCUT2D eigenvalue weighted by Crippen LogP contribution is -2.53. The highest BCUT2D eigenvalue weighted by atomic mass is 32.2. The molecule has 6 unspecified atom stereocenters. The van der Waals surface area contributed by atoms with Gasteiger partial charge in [0.05, 0.1) is 37.6 Å². The van der Waals surface area contributed by atoms with Crippen molar-refractivity contribution in [3.63, 3.8) is 0 Å². The van der Waals surface area contributed by atoms with Crippen molar-refractivity contribution in [2.24, 2.45) is 23.7 Å². The average Bonchev–Trinajstić information content (AvgIpc) is 3.33. The van der Waals surface area contributed by atoms with E-state index < -0.39 is 16.0 Å². The Morgan fingerprint density at radius 1 is 1.02 bits per heavy atom. The van der Waals surface area contributed by atoms with Gasteiger partial charge in [-0.05, 0) is 49.9 Å². The molecule has 11 nitrogen and oxygen atoms in total. The Morgan fingerprint density at radius 3 is 2.50 bits per heavy atom. The maximum absolute atomic E-state index is 14.1. The number of nitrogens with one attached hydrogen (secondary N) is 2. The highest BCUT2D eigenvalue weighted by Gasteiger charge is 2.50. The van der Waals surface area contributed by atoms with Gasteiger partial charge in [-0.2, -0.15) is 0 Å². The third-order valence-corrected chi connectivity index (χ3v) is 12.1. The van der Waals surface area contributed by atoms with Crippen LogP contribution >= 0.6 is 0 Å². The number of carboxylic acid groups (broad SMARTS) is 1. The van der Waals surface area contributed by atoms with Gasteiger partial charge < -0.3 is 19.9 Å². The number of sulfonamides is 1. The Bertz CT molecular complexity index is 943. The summed E-state index contributed by atoms with van der Waals surface area (Å²) < 4.78 is 41.5. The molecule has 3 aliphatic heterocycles. The fourth-order valence-electron chi connectivity index (χ4n) is 7.72. The number of aliphatic carboxylic acids is 1. The molecule has 4 fully saturated rings. The number of carbonyl (C=O) groups is 2. The quantitative estimate of drug-likeness (QED) is 0.276. The van der Waals surface area contributed by atoms with Gasteiger partial charge in [0.1, 0.15) is 0 Å². The zero-order chi connectivity index (χ0) is 28.7. The first kappa shape index (κ1) is 31.6. The van der Waals surface area contributed by atoms with E-state index in [9.17, 15) is 23.1 Å². The fraction of sp³-hybridized carbons (Fsp3) is 0.929. The fourth-order valence-corrected chi connectivity index (χ4v) is 10.1. The monoisotopic (exact) mass is 586 g/mol. The highest BCUT2D eigenvalue weighted by molar-refractivity contribution is 7.89. The molecule has 4 aliphatic rings. The lowest BCUT2D eigenvalue weighted by molar-refractivity contribution is -0.138. The number of ether oxygens (including phenoxy) is 2. The van der Waals surface area contributed by atoms with Gasteiger partial charge in [0.15, 0.2) is 0 Å². The minimum atomic E-state index is -3.45. The number of hydrogen-bond donors (Lipinski definition) is 3. The van der Waals surface area contributed by atoms with Crippen LogP contribution in [-0.2, 0) is 29.1 Å². The van der Waals surface area contributed by atoms with Crippen LogP contribution in [0.1, 0.15) is 71.6 Å². The van der Waals surface area contributed by atoms with E-state index in [1.165, 1.54) is 6.92 Å². The molecule has 12 heteroatoms. The molecular formula is C28H50N4O7S. The minimum Gasteiger partial charge on any atom is -0.481 e. The van der Waals surface area contributed by atoms with Crippen LogP contribution in [0, 0.1) is 23.7 Å². The SMILES string of the molecule is CCC1CCCC(S(=O)(=O)N2CCC(OCCOCCNC(C)=O)CC2)C1C1CCN2NCC(CC(=O)O)C2C1. The number of nitrogens with zero attached hydrogens (tertiary/aromatic N) is 2. The van der Waals surface area contributed by atoms with Crippen LogP contribution in [0.15, 0.2) is 0 Å². The summed E-state index contributed by atoms with van der Waals surface area (Å²) in [5.41, 5.74) is 3.40. The van der Waals surface area contributed by atoms with E-state index in [1.807, 2.05) is 0 Å². The van der Waals surface area contributed by atoms with E-state index in [-0.39, 0.29) is 41.6 Å². The first-order valence-electron chi connectivity index (χ1n) is 15.3. The molecule has 6 atom stereocenters. The number of fused-ring (bicyclic) bond motifs is 1. The summed E-state index contributed by atoms with van der Waals surface area (Å²) in [6.45, 7) is 8.01. The Balaban J connectivity index is 1.32. The lowest BCUT2D eigenvalue weighted by Gasteiger charge is -2.48. The van der Waals surface area contributed by atoms with E-state index in [2.05, 4.69) is 22.7 Å². The van der Waals surface area contributed by atoms with E-state index in [1.54, 1.807) is 4.31 Å². The summed E-state index contributed by atoms with van der Waals surface area (Å²) in [6, 6.07) is 0.167. The number of rotatable bonds is 13. The topological polar surface area (TPSA) is 138 Å². The first-order chi connectivity index (χ1) is 19.2. The van der Waals surface area contributed by atoms with Crippen molar-refractivity contribution in [1.29, 1.82) is 0 Å². The van der Waals surface area contributed by atoms with Gasteiger partial charge in [0, 0.05) is 51.6 Å². The van der Waals surface area contributed by atoms with Crippen molar-refractivity contribution in [3.8, 4) is 0 Å². The smallest absolute Gasteiger partial charge is 0.303 e. The molecule has 3 N–H and O–H groups in total. The van der Waals surface area contributed by atoms with Crippen molar-refractivity contribution in [1.82, 2.24) is 20.1 Å². The van der Waals surface area contributed by atoms with E-state index in [0.29, 0.717) is 70.7 Å². The van der Waals surface area contributed by atoms with E-state index >= 15 is 0 Å². The molecule has 3 saturated heterocycles. The van der Waals surface area contributed by atoms with Crippen LogP contribution in [-0.4, -0.2) is 105 Å². The predicted molar refractivity (Wildman–Crippen MR) is 151 cm³/mol. The number of amides is 1. The maximum atomic E-state index is 14.1. The van der Waals surface area contributed by atoms with Crippen LogP contribution in [0.3, 0.4) is 0 Å². The average molecular weight is 587 g/mol. The molecule has 3 heterocycles. The summed E-state index contributed by atoms with van der Waals surface area (Å²) in [4.78, 5) is 22.4. The van der Waals surface area contributed by atoms with Gasteiger partial charge in [-0.3, -0.25) is 15.0 Å². The van der Waals surface area contributed by atoms with Gasteiger partial charge in [-0.25, -0.2) is 17.7 Å². The Kier molecular flexibility index (Phi) is 11.6. The van der Waals surface area contributed by atoms with Gasteiger partial charge in [-0.15, -0.1) is 0 Å². The van der Waals surface area contributed by atoms with Crippen LogP contribution in [0.4, 0.5) is 0 Å². The largest absolute Gasteiger partial charge is 0.481 e. The van der Waals surface area contributed by atoms with Crippen molar-refractivity contribution in [3.05, 3.63) is 0 Å². The second-order valence-corrected chi connectivity index (χ2v) is 14.2. The highest BCUT2D eigenvalue weighted by Crippen LogP contribution is 2.47. The predicted octanol–water partition coefficient (Wildman–Crippen LogP) is 1.83. The summed E-state index contributed by atoms with van der Waals surface area (Å²) in [5, 5.41) is 14.0. The number of piperidine rings is 2. The summed E-state index contributed by atoms with van der Waals surface area (Å²) in [6.07, 6.45) is 7.12. The van der Waals surface area contributed by atoms with Gasteiger partial charge in [-0.1, -0.05) is 26.2 Å². The summed E-state index contributed by atoms with van der Waals surface area (Å²) in [5.74, 6) is 0.0496. The van der Waals surface area contributed by atoms with Crippen LogP contribution in [0.2, 0.25) is 0 Å². The zero-order valence-electron chi connectivity index (χ0n) is 24.3. The molecule has 0 aromatic heterocycles. The maximum Gasteiger partial charge on any atom is 0.303 e. The lowest BCUT2D eigenvalue weighted by atomic mass is 9.66. The molecule has 230 valence electrons. The first-order valence-corrected chi connectivity index (χ1v) is 16.9. The van der Waals surface area contributed by atoms with E-state index in [4.69, 9.17) is 9.47 Å². The Labute approximate surface area is 239 Å². The molecule has 0 bridgehead atoms. The summed E-state index contributed by atoms with van der Waals surface area (Å²) >= 11 is 0. The second kappa shape index (κ2) is 14.7. The minimum absolute atomic E-state index is 0.0290. The van der Waals surface area contributed by atoms with Gasteiger partial charge >= 0.3 is 5.97 Å². The number of hydrazine groups is 1. The van der Waals surface area contributed by atoms with Crippen molar-refractivity contribution in [2.75, 3.05) is 52.5 Å². The second-order valence-electron chi connectivity index (χ2n) is 12.1. The normalized spacial score (nSPS) is 32.5. The van der Waals surface area contributed by atoms with Crippen LogP contribution in [0.5, 0.6) is 0 Å². The Morgan fingerprint density at radius 2 is 1.80 bits per heavy atom. The number of carbonyl (C=O) groups excluding carboxylic acids is 1. The van der Waals surface area contributed by atoms with Crippen LogP contribution < -0.4 is 10.7 Å². The molecule has 0 radical (unpaired) electrons. The molecule has 1 saturated carbocycles. The standard InChI is InChI=1S/C28H50N4O7S/c1-3-21-5-4-6-26(28(21)22-7-13-32-25(17-22)23(19-30-32)18-27(34)35)40(36,37)31-11-8-24(9-12-31)39-16-15-38-14-10-29-20(2)33/h21-26,28,30H,3-19H2,1-2H3,(H,29,33)(H,34,35). The molecular weight excluding hydrogens is 536 g/mol. The molecule has 0 aromatic rings. The number of carboxylic acids is 1. The third-order valence-electron chi connectivity index (χ3n) is 9.67. The van der Waals surface area contributed by atoms with Gasteiger partial charge in [0.25, 0.3) is 0 Å².